The summed E-state index contributed by atoms with van der Waals surface area (Å²) in [5.74, 6) is -0.842. The molecule has 0 heterocycles. The summed E-state index contributed by atoms with van der Waals surface area (Å²) in [5.41, 5.74) is -1.22. The van der Waals surface area contributed by atoms with Crippen molar-refractivity contribution in [1.82, 2.24) is 5.32 Å². The van der Waals surface area contributed by atoms with E-state index in [0.29, 0.717) is 12.8 Å². The third-order valence-corrected chi connectivity index (χ3v) is 3.78. The van der Waals surface area contributed by atoms with E-state index in [2.05, 4.69) is 5.32 Å². The fraction of sp³-hybridized carbons (Fsp3) is 0.857. The molecule has 0 saturated heterocycles. The molecule has 0 unspecified atom stereocenters. The third kappa shape index (κ3) is 3.72. The van der Waals surface area contributed by atoms with Crippen molar-refractivity contribution in [3.05, 3.63) is 0 Å². The minimum atomic E-state index is -0.765. The molecule has 0 aromatic rings. The molecule has 0 aliphatic heterocycles. The zero-order chi connectivity index (χ0) is 13.8. The first-order valence-electron chi connectivity index (χ1n) is 6.80. The van der Waals surface area contributed by atoms with E-state index in [1.54, 1.807) is 0 Å². The van der Waals surface area contributed by atoms with E-state index in [1.165, 1.54) is 0 Å². The highest BCUT2D eigenvalue weighted by atomic mass is 16.4. The van der Waals surface area contributed by atoms with Gasteiger partial charge in [-0.25, -0.2) is 0 Å². The minimum absolute atomic E-state index is 0.0765. The maximum absolute atomic E-state index is 11.9. The average Bonchev–Trinajstić information content (AvgIpc) is 2.50. The molecule has 1 aliphatic rings. The van der Waals surface area contributed by atoms with Crippen LogP contribution in [-0.2, 0) is 9.59 Å². The molecule has 1 fully saturated rings. The summed E-state index contributed by atoms with van der Waals surface area (Å²) in [6.07, 6.45) is 5.43. The zero-order valence-corrected chi connectivity index (χ0v) is 11.7. The number of carboxylic acid groups (broad SMARTS) is 1. The fourth-order valence-electron chi connectivity index (χ4n) is 2.39. The van der Waals surface area contributed by atoms with Crippen LogP contribution in [0.25, 0.3) is 0 Å². The average molecular weight is 255 g/mol. The molecular formula is C14H25NO3. The normalized spacial score (nSPS) is 19.9. The molecule has 1 rings (SSSR count). The van der Waals surface area contributed by atoms with E-state index < -0.39 is 16.8 Å². The lowest BCUT2D eigenvalue weighted by molar-refractivity contribution is -0.150. The summed E-state index contributed by atoms with van der Waals surface area (Å²) < 4.78 is 0. The van der Waals surface area contributed by atoms with E-state index in [4.69, 9.17) is 0 Å². The molecule has 4 heteroatoms. The van der Waals surface area contributed by atoms with Crippen molar-refractivity contribution in [1.29, 1.82) is 0 Å². The monoisotopic (exact) mass is 255 g/mol. The number of aliphatic carboxylic acids is 1. The standard InChI is InChI=1S/C14H25NO3/c1-13(2,3)11(16)15-10-14(12(17)18)8-6-4-5-7-9-14/h4-10H2,1-3H3,(H,15,16)(H,17,18). The second kappa shape index (κ2) is 5.72. The van der Waals surface area contributed by atoms with Crippen molar-refractivity contribution < 1.29 is 14.7 Å². The number of hydrogen-bond donors (Lipinski definition) is 2. The van der Waals surface area contributed by atoms with E-state index in [1.807, 2.05) is 20.8 Å². The van der Waals surface area contributed by atoms with E-state index in [0.717, 1.165) is 25.7 Å². The molecule has 2 N–H and O–H groups in total. The van der Waals surface area contributed by atoms with Gasteiger partial charge in [-0.05, 0) is 12.8 Å². The summed E-state index contributed by atoms with van der Waals surface area (Å²) in [4.78, 5) is 23.4. The van der Waals surface area contributed by atoms with E-state index in [-0.39, 0.29) is 12.5 Å². The number of rotatable bonds is 3. The summed E-state index contributed by atoms with van der Waals surface area (Å²) in [5, 5.41) is 12.3. The van der Waals surface area contributed by atoms with Crippen LogP contribution in [0.4, 0.5) is 0 Å². The Balaban J connectivity index is 2.68. The molecule has 0 bridgehead atoms. The number of carbonyl (C=O) groups excluding carboxylic acids is 1. The van der Waals surface area contributed by atoms with Crippen LogP contribution < -0.4 is 5.32 Å². The van der Waals surface area contributed by atoms with Gasteiger partial charge in [-0.15, -0.1) is 0 Å². The molecule has 0 aromatic heterocycles. The predicted molar refractivity (Wildman–Crippen MR) is 70.2 cm³/mol. The van der Waals surface area contributed by atoms with Crippen LogP contribution in [-0.4, -0.2) is 23.5 Å². The lowest BCUT2D eigenvalue weighted by Gasteiger charge is -2.29. The Morgan fingerprint density at radius 2 is 1.61 bits per heavy atom. The number of nitrogens with one attached hydrogen (secondary N) is 1. The molecule has 18 heavy (non-hydrogen) atoms. The largest absolute Gasteiger partial charge is 0.481 e. The topological polar surface area (TPSA) is 66.4 Å². The van der Waals surface area contributed by atoms with Crippen molar-refractivity contribution in [3.63, 3.8) is 0 Å². The summed E-state index contributed by atoms with van der Waals surface area (Å²) in [6, 6.07) is 0. The first-order chi connectivity index (χ1) is 8.28. The fourth-order valence-corrected chi connectivity index (χ4v) is 2.39. The Labute approximate surface area is 109 Å². The molecule has 0 aromatic carbocycles. The molecule has 0 spiro atoms. The van der Waals surface area contributed by atoms with Crippen molar-refractivity contribution in [2.45, 2.75) is 59.3 Å². The van der Waals surface area contributed by atoms with Gasteiger partial charge in [-0.2, -0.15) is 0 Å². The second-order valence-electron chi connectivity index (χ2n) is 6.43. The summed E-state index contributed by atoms with van der Waals surface area (Å²) in [7, 11) is 0. The molecular weight excluding hydrogens is 230 g/mol. The van der Waals surface area contributed by atoms with Gasteiger partial charge in [-0.3, -0.25) is 9.59 Å². The Kier molecular flexibility index (Phi) is 4.77. The van der Waals surface area contributed by atoms with Crippen molar-refractivity contribution >= 4 is 11.9 Å². The summed E-state index contributed by atoms with van der Waals surface area (Å²) >= 11 is 0. The maximum Gasteiger partial charge on any atom is 0.311 e. The van der Waals surface area contributed by atoms with Gasteiger partial charge in [0.05, 0.1) is 5.41 Å². The predicted octanol–water partition coefficient (Wildman–Crippen LogP) is 2.57. The van der Waals surface area contributed by atoms with Gasteiger partial charge in [-0.1, -0.05) is 46.5 Å². The van der Waals surface area contributed by atoms with Crippen LogP contribution >= 0.6 is 0 Å². The van der Waals surface area contributed by atoms with Crippen LogP contribution in [0.1, 0.15) is 59.3 Å². The second-order valence-corrected chi connectivity index (χ2v) is 6.43. The van der Waals surface area contributed by atoms with Crippen LogP contribution in [0.3, 0.4) is 0 Å². The smallest absolute Gasteiger partial charge is 0.311 e. The highest BCUT2D eigenvalue weighted by Crippen LogP contribution is 2.35. The van der Waals surface area contributed by atoms with Gasteiger partial charge in [0, 0.05) is 12.0 Å². The van der Waals surface area contributed by atoms with Crippen LogP contribution in [0.15, 0.2) is 0 Å². The highest BCUT2D eigenvalue weighted by molar-refractivity contribution is 5.82. The van der Waals surface area contributed by atoms with Crippen molar-refractivity contribution in [3.8, 4) is 0 Å². The highest BCUT2D eigenvalue weighted by Gasteiger charge is 2.39. The molecule has 1 aliphatic carbocycles. The Bertz CT molecular complexity index is 309. The lowest BCUT2D eigenvalue weighted by atomic mass is 9.80. The van der Waals surface area contributed by atoms with Gasteiger partial charge in [0.25, 0.3) is 0 Å². The lowest BCUT2D eigenvalue weighted by Crippen LogP contribution is -2.46. The van der Waals surface area contributed by atoms with Gasteiger partial charge in [0.1, 0.15) is 0 Å². The Morgan fingerprint density at radius 3 is 2.00 bits per heavy atom. The number of amides is 1. The molecule has 1 amide bonds. The Hall–Kier alpha value is -1.06. The SMILES string of the molecule is CC(C)(C)C(=O)NCC1(C(=O)O)CCCCCC1. The zero-order valence-electron chi connectivity index (χ0n) is 11.7. The van der Waals surface area contributed by atoms with Gasteiger partial charge < -0.3 is 10.4 Å². The van der Waals surface area contributed by atoms with Gasteiger partial charge in [0.15, 0.2) is 0 Å². The maximum atomic E-state index is 11.9. The van der Waals surface area contributed by atoms with Crippen LogP contribution in [0, 0.1) is 10.8 Å². The van der Waals surface area contributed by atoms with Crippen LogP contribution in [0.5, 0.6) is 0 Å². The quantitative estimate of drug-likeness (QED) is 0.762. The van der Waals surface area contributed by atoms with Gasteiger partial charge >= 0.3 is 5.97 Å². The molecule has 0 atom stereocenters. The number of hydrogen-bond acceptors (Lipinski definition) is 2. The third-order valence-electron chi connectivity index (χ3n) is 3.78. The van der Waals surface area contributed by atoms with Crippen molar-refractivity contribution in [2.75, 3.05) is 6.54 Å². The molecule has 4 nitrogen and oxygen atoms in total. The first-order valence-corrected chi connectivity index (χ1v) is 6.80. The molecule has 0 radical (unpaired) electrons. The van der Waals surface area contributed by atoms with Crippen LogP contribution in [0.2, 0.25) is 0 Å². The number of carboxylic acids is 1. The minimum Gasteiger partial charge on any atom is -0.481 e. The van der Waals surface area contributed by atoms with Crippen molar-refractivity contribution in [2.24, 2.45) is 10.8 Å². The van der Waals surface area contributed by atoms with Gasteiger partial charge in [0.2, 0.25) is 5.91 Å². The number of carbonyl (C=O) groups is 2. The molecule has 1 saturated carbocycles. The first kappa shape index (κ1) is 15.0. The van der Waals surface area contributed by atoms with E-state index in [9.17, 15) is 14.7 Å². The summed E-state index contributed by atoms with van der Waals surface area (Å²) in [6.45, 7) is 5.77. The van der Waals surface area contributed by atoms with E-state index >= 15 is 0 Å². The Morgan fingerprint density at radius 1 is 1.11 bits per heavy atom. The molecule has 104 valence electrons.